The number of hydrogen-bond acceptors (Lipinski definition) is 6. The number of nitro benzene ring substituents is 1. The van der Waals surface area contributed by atoms with Crippen molar-refractivity contribution in [3.05, 3.63) is 87.5 Å². The Balaban J connectivity index is 1.98. The van der Waals surface area contributed by atoms with Gasteiger partial charge in [0.15, 0.2) is 0 Å². The maximum Gasteiger partial charge on any atom is 0.271 e. The van der Waals surface area contributed by atoms with Crippen molar-refractivity contribution in [1.82, 2.24) is 0 Å². The molecule has 0 radical (unpaired) electrons. The Morgan fingerprint density at radius 2 is 1.62 bits per heavy atom. The number of hydrogen-bond donors (Lipinski definition) is 2. The van der Waals surface area contributed by atoms with E-state index < -0.39 is 20.9 Å². The largest absolute Gasteiger partial charge is 0.495 e. The van der Waals surface area contributed by atoms with Gasteiger partial charge < -0.3 is 10.1 Å². The van der Waals surface area contributed by atoms with Crippen LogP contribution in [0.1, 0.15) is 21.5 Å². The number of amides is 1. The number of ether oxygens (including phenoxy) is 1. The van der Waals surface area contributed by atoms with Gasteiger partial charge >= 0.3 is 0 Å². The van der Waals surface area contributed by atoms with Gasteiger partial charge in [-0.25, -0.2) is 8.42 Å². The van der Waals surface area contributed by atoms with Gasteiger partial charge in [-0.2, -0.15) is 0 Å². The lowest BCUT2D eigenvalue weighted by molar-refractivity contribution is -0.385. The van der Waals surface area contributed by atoms with Crippen molar-refractivity contribution in [2.45, 2.75) is 18.7 Å². The van der Waals surface area contributed by atoms with Crippen LogP contribution >= 0.6 is 0 Å². The fourth-order valence-corrected chi connectivity index (χ4v) is 4.52. The topological polar surface area (TPSA) is 128 Å². The molecule has 0 atom stereocenters. The number of benzene rings is 3. The third-order valence-electron chi connectivity index (χ3n) is 4.88. The highest BCUT2D eigenvalue weighted by molar-refractivity contribution is 7.92. The van der Waals surface area contributed by atoms with Crippen molar-refractivity contribution in [3.63, 3.8) is 0 Å². The zero-order valence-corrected chi connectivity index (χ0v) is 18.4. The van der Waals surface area contributed by atoms with Crippen LogP contribution in [0, 0.1) is 24.0 Å². The number of nitro groups is 1. The zero-order valence-electron chi connectivity index (χ0n) is 17.6. The molecule has 1 amide bonds. The fourth-order valence-electron chi connectivity index (χ4n) is 3.10. The van der Waals surface area contributed by atoms with Gasteiger partial charge in [0.2, 0.25) is 0 Å². The van der Waals surface area contributed by atoms with Gasteiger partial charge in [0.1, 0.15) is 5.75 Å². The van der Waals surface area contributed by atoms with Crippen molar-refractivity contribution in [1.29, 1.82) is 0 Å². The number of non-ortho nitro benzene ring substituents is 1. The molecule has 32 heavy (non-hydrogen) atoms. The van der Waals surface area contributed by atoms with Crippen LogP contribution in [0.4, 0.5) is 17.1 Å². The van der Waals surface area contributed by atoms with E-state index in [9.17, 15) is 23.3 Å². The monoisotopic (exact) mass is 455 g/mol. The minimum atomic E-state index is -4.22. The summed E-state index contributed by atoms with van der Waals surface area (Å²) >= 11 is 0. The molecule has 0 saturated carbocycles. The number of nitrogens with zero attached hydrogens (tertiary/aromatic N) is 1. The Kier molecular flexibility index (Phi) is 6.45. The lowest BCUT2D eigenvalue weighted by Crippen LogP contribution is -2.19. The van der Waals surface area contributed by atoms with Crippen LogP contribution in [-0.2, 0) is 10.0 Å². The van der Waals surface area contributed by atoms with Gasteiger partial charge in [-0.3, -0.25) is 19.6 Å². The van der Waals surface area contributed by atoms with Gasteiger partial charge in [0.25, 0.3) is 21.6 Å². The number of anilines is 2. The second-order valence-electron chi connectivity index (χ2n) is 6.95. The number of rotatable bonds is 7. The van der Waals surface area contributed by atoms with Crippen molar-refractivity contribution in [2.75, 3.05) is 17.1 Å². The van der Waals surface area contributed by atoms with Gasteiger partial charge in [0, 0.05) is 12.1 Å². The summed E-state index contributed by atoms with van der Waals surface area (Å²) in [6, 6.07) is 15.2. The number of nitrogens with one attached hydrogen (secondary N) is 2. The number of methoxy groups -OCH3 is 1. The number of carbonyl (C=O) groups excluding carboxylic acids is 1. The van der Waals surface area contributed by atoms with Crippen LogP contribution in [-0.4, -0.2) is 26.4 Å². The third-order valence-corrected chi connectivity index (χ3v) is 6.37. The Morgan fingerprint density at radius 1 is 1.00 bits per heavy atom. The molecule has 0 aliphatic rings. The van der Waals surface area contributed by atoms with E-state index in [-0.39, 0.29) is 21.8 Å². The van der Waals surface area contributed by atoms with E-state index in [0.29, 0.717) is 22.6 Å². The number of para-hydroxylation sites is 3. The molecule has 9 nitrogen and oxygen atoms in total. The summed E-state index contributed by atoms with van der Waals surface area (Å²) in [7, 11) is -2.75. The molecule has 0 bridgehead atoms. The molecule has 10 heteroatoms. The van der Waals surface area contributed by atoms with Gasteiger partial charge in [-0.05, 0) is 49.2 Å². The van der Waals surface area contributed by atoms with Crippen LogP contribution in [0.2, 0.25) is 0 Å². The van der Waals surface area contributed by atoms with Crippen molar-refractivity contribution in [2.24, 2.45) is 0 Å². The van der Waals surface area contributed by atoms with Crippen molar-refractivity contribution in [3.8, 4) is 5.75 Å². The quantitative estimate of drug-likeness (QED) is 0.404. The first-order valence-corrected chi connectivity index (χ1v) is 10.9. The Hall–Kier alpha value is -3.92. The van der Waals surface area contributed by atoms with Crippen LogP contribution in [0.15, 0.2) is 65.6 Å². The highest BCUT2D eigenvalue weighted by Crippen LogP contribution is 2.29. The van der Waals surface area contributed by atoms with E-state index >= 15 is 0 Å². The molecule has 0 heterocycles. The van der Waals surface area contributed by atoms with E-state index in [1.54, 1.807) is 50.2 Å². The molecule has 2 N–H and O–H groups in total. The molecule has 0 fully saturated rings. The summed E-state index contributed by atoms with van der Waals surface area (Å²) < 4.78 is 33.8. The summed E-state index contributed by atoms with van der Waals surface area (Å²) in [5.41, 5.74) is 1.02. The van der Waals surface area contributed by atoms with Crippen molar-refractivity contribution >= 4 is 33.0 Å². The highest BCUT2D eigenvalue weighted by atomic mass is 32.2. The van der Waals surface area contributed by atoms with Gasteiger partial charge in [0.05, 0.1) is 33.9 Å². The highest BCUT2D eigenvalue weighted by Gasteiger charge is 2.24. The fraction of sp³-hybridized carbons (Fsp3) is 0.136. The molecule has 3 rings (SSSR count). The predicted molar refractivity (Wildman–Crippen MR) is 121 cm³/mol. The summed E-state index contributed by atoms with van der Waals surface area (Å²) in [5, 5.41) is 13.9. The first-order chi connectivity index (χ1) is 15.1. The molecule has 3 aromatic rings. The lowest BCUT2D eigenvalue weighted by Gasteiger charge is -2.15. The lowest BCUT2D eigenvalue weighted by atomic mass is 10.1. The zero-order chi connectivity index (χ0) is 23.5. The van der Waals surface area contributed by atoms with Crippen LogP contribution < -0.4 is 14.8 Å². The Bertz CT molecular complexity index is 1300. The van der Waals surface area contributed by atoms with E-state index in [1.165, 1.54) is 25.3 Å². The van der Waals surface area contributed by atoms with Crippen LogP contribution in [0.3, 0.4) is 0 Å². The smallest absolute Gasteiger partial charge is 0.271 e. The average molecular weight is 455 g/mol. The summed E-state index contributed by atoms with van der Waals surface area (Å²) in [6.07, 6.45) is 0. The van der Waals surface area contributed by atoms with Gasteiger partial charge in [-0.15, -0.1) is 0 Å². The first-order valence-electron chi connectivity index (χ1n) is 9.46. The van der Waals surface area contributed by atoms with E-state index in [4.69, 9.17) is 4.74 Å². The van der Waals surface area contributed by atoms with Crippen LogP contribution in [0.5, 0.6) is 5.75 Å². The second-order valence-corrected chi connectivity index (χ2v) is 8.60. The van der Waals surface area contributed by atoms with E-state index in [0.717, 1.165) is 6.07 Å². The molecule has 0 aliphatic carbocycles. The molecular formula is C22H21N3O6S. The summed E-state index contributed by atoms with van der Waals surface area (Å²) in [5.74, 6) is -0.110. The average Bonchev–Trinajstić information content (AvgIpc) is 2.75. The molecular weight excluding hydrogens is 434 g/mol. The van der Waals surface area contributed by atoms with Gasteiger partial charge in [-0.1, -0.05) is 24.3 Å². The molecule has 0 unspecified atom stereocenters. The number of aryl methyl sites for hydroxylation is 1. The molecule has 0 saturated heterocycles. The first kappa shape index (κ1) is 22.8. The van der Waals surface area contributed by atoms with E-state index in [2.05, 4.69) is 10.0 Å². The molecule has 0 aromatic heterocycles. The SMILES string of the molecule is COc1ccccc1NC(=O)c1ccccc1NS(=O)(=O)c1cc([N+](=O)[O-])cc(C)c1C. The summed E-state index contributed by atoms with van der Waals surface area (Å²) in [4.78, 5) is 23.2. The minimum Gasteiger partial charge on any atom is -0.495 e. The second kappa shape index (κ2) is 9.06. The molecule has 166 valence electrons. The maximum absolute atomic E-state index is 13.1. The number of carbonyl (C=O) groups is 1. The maximum atomic E-state index is 13.1. The third kappa shape index (κ3) is 4.70. The summed E-state index contributed by atoms with van der Waals surface area (Å²) in [6.45, 7) is 3.16. The Morgan fingerprint density at radius 3 is 2.28 bits per heavy atom. The minimum absolute atomic E-state index is 0.0310. The molecule has 0 spiro atoms. The van der Waals surface area contributed by atoms with E-state index in [1.807, 2.05) is 0 Å². The van der Waals surface area contributed by atoms with Crippen LogP contribution in [0.25, 0.3) is 0 Å². The predicted octanol–water partition coefficient (Wildman–Crippen LogP) is 4.27. The number of sulfonamides is 1. The molecule has 0 aliphatic heterocycles. The normalized spacial score (nSPS) is 11.0. The standard InChI is InChI=1S/C22H21N3O6S/c1-14-12-16(25(27)28)13-21(15(14)2)32(29,30)24-18-9-5-4-8-17(18)22(26)23-19-10-6-7-11-20(19)31-3/h4-13,24H,1-3H3,(H,23,26). The van der Waals surface area contributed by atoms with Crippen molar-refractivity contribution < 1.29 is 22.9 Å². The molecule has 3 aromatic carbocycles. The Labute approximate surface area is 185 Å².